The molecule has 1 saturated carbocycles. The second kappa shape index (κ2) is 6.89. The summed E-state index contributed by atoms with van der Waals surface area (Å²) in [5, 5.41) is 0. The smallest absolute Gasteiger partial charge is 0.0351 e. The second-order valence-electron chi connectivity index (χ2n) is 10.7. The Balaban J connectivity index is 1.39. The highest BCUT2D eigenvalue weighted by molar-refractivity contribution is 4.96. The lowest BCUT2D eigenvalue weighted by Crippen LogP contribution is -2.67. The number of hydrogen-bond acceptors (Lipinski definition) is 3. The Labute approximate surface area is 150 Å². The Morgan fingerprint density at radius 1 is 0.625 bits per heavy atom. The highest BCUT2D eigenvalue weighted by Gasteiger charge is 2.39. The van der Waals surface area contributed by atoms with Gasteiger partial charge in [0.15, 0.2) is 0 Å². The normalized spacial score (nSPS) is 32.8. The molecule has 0 aromatic carbocycles. The number of piperazine rings is 1. The minimum atomic E-state index is 0.351. The minimum absolute atomic E-state index is 0.351. The first-order valence-corrected chi connectivity index (χ1v) is 10.4. The molecule has 3 heteroatoms. The predicted octanol–water partition coefficient (Wildman–Crippen LogP) is 3.69. The second-order valence-corrected chi connectivity index (χ2v) is 10.7. The van der Waals surface area contributed by atoms with Crippen molar-refractivity contribution in [1.29, 1.82) is 0 Å². The summed E-state index contributed by atoms with van der Waals surface area (Å²) in [5.74, 6) is 0.938. The molecule has 0 radical (unpaired) electrons. The van der Waals surface area contributed by atoms with Crippen LogP contribution < -0.4 is 0 Å². The summed E-state index contributed by atoms with van der Waals surface area (Å²) in [7, 11) is 0. The Morgan fingerprint density at radius 3 is 1.50 bits per heavy atom. The molecule has 2 aliphatic heterocycles. The van der Waals surface area contributed by atoms with E-state index in [0.717, 1.165) is 18.0 Å². The number of nitrogens with zero attached hydrogens (tertiary/aromatic N) is 3. The molecule has 0 aromatic rings. The summed E-state index contributed by atoms with van der Waals surface area (Å²) in [6.45, 7) is 22.1. The summed E-state index contributed by atoms with van der Waals surface area (Å²) in [6, 6.07) is 1.70. The van der Waals surface area contributed by atoms with Gasteiger partial charge in [0.1, 0.15) is 0 Å². The molecule has 0 atom stereocenters. The van der Waals surface area contributed by atoms with Crippen LogP contribution in [0.4, 0.5) is 0 Å². The molecule has 2 heterocycles. The molecule has 3 rings (SSSR count). The van der Waals surface area contributed by atoms with E-state index in [2.05, 4.69) is 56.2 Å². The zero-order chi connectivity index (χ0) is 17.5. The van der Waals surface area contributed by atoms with Gasteiger partial charge < -0.3 is 0 Å². The number of likely N-dealkylation sites (tertiary alicyclic amines) is 1. The Hall–Kier alpha value is -0.120. The van der Waals surface area contributed by atoms with Crippen molar-refractivity contribution in [1.82, 2.24) is 14.7 Å². The van der Waals surface area contributed by atoms with E-state index in [1.807, 2.05) is 0 Å². The third kappa shape index (κ3) is 4.16. The van der Waals surface area contributed by atoms with Gasteiger partial charge in [-0.2, -0.15) is 0 Å². The maximum atomic E-state index is 2.82. The first-order valence-electron chi connectivity index (χ1n) is 10.4. The molecular weight excluding hydrogens is 294 g/mol. The lowest BCUT2D eigenvalue weighted by Gasteiger charge is -2.53. The van der Waals surface area contributed by atoms with Gasteiger partial charge in [-0.25, -0.2) is 0 Å². The van der Waals surface area contributed by atoms with Gasteiger partial charge in [0.2, 0.25) is 0 Å². The van der Waals surface area contributed by atoms with E-state index in [9.17, 15) is 0 Å². The molecule has 0 N–H and O–H groups in total. The standard InChI is InChI=1S/C21H41N3/c1-20(2,3)17-7-9-18(10-8-17)22-11-13-23(14-12-22)19-15-24(16-19)21(4,5)6/h17-19H,7-16H2,1-6H3. The largest absolute Gasteiger partial charge is 0.298 e. The molecule has 3 nitrogen and oxygen atoms in total. The van der Waals surface area contributed by atoms with Crippen LogP contribution in [0.5, 0.6) is 0 Å². The van der Waals surface area contributed by atoms with E-state index in [1.54, 1.807) is 0 Å². The summed E-state index contributed by atoms with van der Waals surface area (Å²) < 4.78 is 0. The van der Waals surface area contributed by atoms with E-state index in [4.69, 9.17) is 0 Å². The summed E-state index contributed by atoms with van der Waals surface area (Å²) in [4.78, 5) is 8.20. The van der Waals surface area contributed by atoms with Gasteiger partial charge in [-0.05, 0) is 57.8 Å². The van der Waals surface area contributed by atoms with Crippen LogP contribution in [0.1, 0.15) is 67.2 Å². The van der Waals surface area contributed by atoms with Gasteiger partial charge in [0.25, 0.3) is 0 Å². The fourth-order valence-corrected chi connectivity index (χ4v) is 5.01. The first kappa shape index (κ1) is 18.7. The number of hydrogen-bond donors (Lipinski definition) is 0. The van der Waals surface area contributed by atoms with Crippen molar-refractivity contribution in [2.75, 3.05) is 39.3 Å². The molecule has 0 amide bonds. The average Bonchev–Trinajstić information content (AvgIpc) is 2.44. The van der Waals surface area contributed by atoms with Crippen molar-refractivity contribution in [3.8, 4) is 0 Å². The van der Waals surface area contributed by atoms with Crippen LogP contribution in [0.25, 0.3) is 0 Å². The molecule has 3 fully saturated rings. The third-order valence-corrected chi connectivity index (χ3v) is 7.11. The minimum Gasteiger partial charge on any atom is -0.298 e. The van der Waals surface area contributed by atoms with Crippen LogP contribution in [0.3, 0.4) is 0 Å². The SMILES string of the molecule is CC(C)(C)C1CCC(N2CCN(C3CN(C(C)(C)C)C3)CC2)CC1. The first-order chi connectivity index (χ1) is 11.1. The van der Waals surface area contributed by atoms with Gasteiger partial charge >= 0.3 is 0 Å². The number of rotatable bonds is 2. The van der Waals surface area contributed by atoms with Crippen LogP contribution in [-0.2, 0) is 0 Å². The Bertz CT molecular complexity index is 398. The topological polar surface area (TPSA) is 9.72 Å². The van der Waals surface area contributed by atoms with E-state index in [-0.39, 0.29) is 0 Å². The average molecular weight is 336 g/mol. The fourth-order valence-electron chi connectivity index (χ4n) is 5.01. The van der Waals surface area contributed by atoms with Gasteiger partial charge in [-0.3, -0.25) is 14.7 Å². The maximum Gasteiger partial charge on any atom is 0.0351 e. The predicted molar refractivity (Wildman–Crippen MR) is 103 cm³/mol. The zero-order valence-electron chi connectivity index (χ0n) is 17.1. The molecule has 0 spiro atoms. The fraction of sp³-hybridized carbons (Fsp3) is 1.00. The molecule has 0 unspecified atom stereocenters. The van der Waals surface area contributed by atoms with Crippen LogP contribution in [0.2, 0.25) is 0 Å². The van der Waals surface area contributed by atoms with E-state index >= 15 is 0 Å². The molecular formula is C21H41N3. The summed E-state index contributed by atoms with van der Waals surface area (Å²) in [6.07, 6.45) is 5.75. The van der Waals surface area contributed by atoms with E-state index < -0.39 is 0 Å². The summed E-state index contributed by atoms with van der Waals surface area (Å²) >= 11 is 0. The van der Waals surface area contributed by atoms with Gasteiger partial charge in [-0.1, -0.05) is 20.8 Å². The molecule has 0 bridgehead atoms. The van der Waals surface area contributed by atoms with Gasteiger partial charge in [0.05, 0.1) is 0 Å². The van der Waals surface area contributed by atoms with Crippen LogP contribution in [-0.4, -0.2) is 71.6 Å². The zero-order valence-corrected chi connectivity index (χ0v) is 17.1. The van der Waals surface area contributed by atoms with Crippen molar-refractivity contribution in [3.05, 3.63) is 0 Å². The maximum absolute atomic E-state index is 2.82. The van der Waals surface area contributed by atoms with Crippen molar-refractivity contribution in [2.24, 2.45) is 11.3 Å². The van der Waals surface area contributed by atoms with Gasteiger partial charge in [-0.15, -0.1) is 0 Å². The summed E-state index contributed by atoms with van der Waals surface area (Å²) in [5.41, 5.74) is 0.858. The van der Waals surface area contributed by atoms with Crippen molar-refractivity contribution in [2.45, 2.75) is 84.8 Å². The quantitative estimate of drug-likeness (QED) is 0.762. The Kier molecular flexibility index (Phi) is 5.36. The van der Waals surface area contributed by atoms with Crippen LogP contribution in [0.15, 0.2) is 0 Å². The van der Waals surface area contributed by atoms with E-state index in [1.165, 1.54) is 65.0 Å². The monoisotopic (exact) mass is 335 g/mol. The highest BCUT2D eigenvalue weighted by Crippen LogP contribution is 2.39. The molecule has 140 valence electrons. The van der Waals surface area contributed by atoms with Crippen LogP contribution in [0, 0.1) is 11.3 Å². The lowest BCUT2D eigenvalue weighted by molar-refractivity contribution is -0.0451. The third-order valence-electron chi connectivity index (χ3n) is 7.11. The molecule has 3 aliphatic rings. The molecule has 1 aliphatic carbocycles. The van der Waals surface area contributed by atoms with Crippen molar-refractivity contribution in [3.63, 3.8) is 0 Å². The molecule has 2 saturated heterocycles. The van der Waals surface area contributed by atoms with E-state index in [0.29, 0.717) is 11.0 Å². The van der Waals surface area contributed by atoms with Crippen molar-refractivity contribution < 1.29 is 0 Å². The Morgan fingerprint density at radius 2 is 1.08 bits per heavy atom. The van der Waals surface area contributed by atoms with Crippen LogP contribution >= 0.6 is 0 Å². The van der Waals surface area contributed by atoms with Crippen molar-refractivity contribution >= 4 is 0 Å². The molecule has 24 heavy (non-hydrogen) atoms. The highest BCUT2D eigenvalue weighted by atomic mass is 15.4. The van der Waals surface area contributed by atoms with Gasteiger partial charge in [0, 0.05) is 56.9 Å². The lowest BCUT2D eigenvalue weighted by atomic mass is 9.71. The molecule has 0 aromatic heterocycles.